The van der Waals surface area contributed by atoms with Crippen molar-refractivity contribution in [3.05, 3.63) is 70.6 Å². The minimum atomic E-state index is -0.495. The zero-order chi connectivity index (χ0) is 17.1. The first-order chi connectivity index (χ1) is 11.5. The molecule has 0 radical (unpaired) electrons. The Morgan fingerprint density at radius 2 is 1.92 bits per heavy atom. The van der Waals surface area contributed by atoms with E-state index in [4.69, 9.17) is 11.5 Å². The standard InChI is InChI=1S/C17H16N4O2S/c18-15(22)7-12-9-21(10-20-12)17-14(16(19)23)8-13(24-17)6-11-4-2-1-3-5-11/h1-5,8-10H,6-7H2,(H2,18,22)(H2,19,23). The van der Waals surface area contributed by atoms with Crippen molar-refractivity contribution in [2.75, 3.05) is 0 Å². The van der Waals surface area contributed by atoms with E-state index < -0.39 is 11.8 Å². The van der Waals surface area contributed by atoms with Crippen molar-refractivity contribution in [1.29, 1.82) is 0 Å². The Morgan fingerprint density at radius 3 is 2.58 bits per heavy atom. The van der Waals surface area contributed by atoms with E-state index in [2.05, 4.69) is 4.98 Å². The molecular formula is C17H16N4O2S. The van der Waals surface area contributed by atoms with Crippen LogP contribution in [0.4, 0.5) is 0 Å². The molecule has 0 atom stereocenters. The normalized spacial score (nSPS) is 10.7. The molecule has 0 bridgehead atoms. The summed E-state index contributed by atoms with van der Waals surface area (Å²) in [5, 5.41) is 0.691. The first-order valence-electron chi connectivity index (χ1n) is 7.31. The summed E-state index contributed by atoms with van der Waals surface area (Å²) in [5.74, 6) is -0.947. The van der Waals surface area contributed by atoms with Crippen LogP contribution in [-0.2, 0) is 17.6 Å². The summed E-state index contributed by atoms with van der Waals surface area (Å²) in [4.78, 5) is 27.9. The smallest absolute Gasteiger partial charge is 0.251 e. The molecule has 0 saturated heterocycles. The van der Waals surface area contributed by atoms with Crippen LogP contribution >= 0.6 is 11.3 Å². The van der Waals surface area contributed by atoms with Gasteiger partial charge in [-0.05, 0) is 11.6 Å². The molecule has 4 N–H and O–H groups in total. The third-order valence-electron chi connectivity index (χ3n) is 3.48. The number of carbonyl (C=O) groups excluding carboxylic acids is 2. The van der Waals surface area contributed by atoms with E-state index in [1.54, 1.807) is 17.1 Å². The lowest BCUT2D eigenvalue weighted by Crippen LogP contribution is -2.14. The highest BCUT2D eigenvalue weighted by atomic mass is 32.1. The minimum absolute atomic E-state index is 0.0567. The minimum Gasteiger partial charge on any atom is -0.369 e. The Kier molecular flexibility index (Phi) is 4.43. The molecule has 7 heteroatoms. The number of carbonyl (C=O) groups is 2. The molecule has 3 rings (SSSR count). The van der Waals surface area contributed by atoms with E-state index in [1.165, 1.54) is 11.3 Å². The Bertz CT molecular complexity index is 883. The van der Waals surface area contributed by atoms with Crippen molar-refractivity contribution < 1.29 is 9.59 Å². The molecule has 2 amide bonds. The Labute approximate surface area is 142 Å². The number of amides is 2. The first-order valence-corrected chi connectivity index (χ1v) is 8.12. The fraction of sp³-hybridized carbons (Fsp3) is 0.118. The number of nitrogens with two attached hydrogens (primary N) is 2. The predicted octanol–water partition coefficient (Wildman–Crippen LogP) is 1.65. The average Bonchev–Trinajstić information content (AvgIpc) is 3.14. The lowest BCUT2D eigenvalue weighted by atomic mass is 10.1. The van der Waals surface area contributed by atoms with Crippen molar-refractivity contribution in [3.8, 4) is 5.00 Å². The summed E-state index contributed by atoms with van der Waals surface area (Å²) in [5.41, 5.74) is 12.8. The molecule has 122 valence electrons. The molecule has 2 heterocycles. The van der Waals surface area contributed by atoms with Crippen molar-refractivity contribution in [3.63, 3.8) is 0 Å². The molecule has 0 unspecified atom stereocenters. The van der Waals surface area contributed by atoms with Crippen LogP contribution in [0.2, 0.25) is 0 Å². The molecule has 0 aliphatic heterocycles. The maximum absolute atomic E-state index is 11.8. The van der Waals surface area contributed by atoms with Gasteiger partial charge in [0.05, 0.1) is 17.7 Å². The van der Waals surface area contributed by atoms with Gasteiger partial charge in [-0.1, -0.05) is 30.3 Å². The van der Waals surface area contributed by atoms with E-state index >= 15 is 0 Å². The van der Waals surface area contributed by atoms with Gasteiger partial charge in [-0.3, -0.25) is 14.2 Å². The number of benzene rings is 1. The fourth-order valence-corrected chi connectivity index (χ4v) is 3.57. The van der Waals surface area contributed by atoms with E-state index in [-0.39, 0.29) is 6.42 Å². The second-order valence-corrected chi connectivity index (χ2v) is 6.49. The van der Waals surface area contributed by atoms with Crippen molar-refractivity contribution >= 4 is 23.2 Å². The number of hydrogen-bond donors (Lipinski definition) is 2. The van der Waals surface area contributed by atoms with Gasteiger partial charge in [0.2, 0.25) is 5.91 Å². The average molecular weight is 340 g/mol. The Balaban J connectivity index is 1.93. The topological polar surface area (TPSA) is 104 Å². The van der Waals surface area contributed by atoms with E-state index in [9.17, 15) is 9.59 Å². The van der Waals surface area contributed by atoms with Gasteiger partial charge < -0.3 is 11.5 Å². The fourth-order valence-electron chi connectivity index (χ4n) is 2.43. The SMILES string of the molecule is NC(=O)Cc1cn(-c2sc(Cc3ccccc3)cc2C(N)=O)cn1. The van der Waals surface area contributed by atoms with Crippen LogP contribution < -0.4 is 11.5 Å². The third kappa shape index (κ3) is 3.52. The Morgan fingerprint density at radius 1 is 1.17 bits per heavy atom. The van der Waals surface area contributed by atoms with Crippen LogP contribution in [0.15, 0.2) is 48.9 Å². The predicted molar refractivity (Wildman–Crippen MR) is 92.1 cm³/mol. The molecule has 3 aromatic rings. The maximum Gasteiger partial charge on any atom is 0.251 e. The van der Waals surface area contributed by atoms with Crippen molar-refractivity contribution in [2.24, 2.45) is 11.5 Å². The second-order valence-electron chi connectivity index (χ2n) is 5.37. The van der Waals surface area contributed by atoms with E-state index in [0.29, 0.717) is 22.7 Å². The van der Waals surface area contributed by atoms with Gasteiger partial charge in [-0.15, -0.1) is 11.3 Å². The van der Waals surface area contributed by atoms with Gasteiger partial charge in [0.25, 0.3) is 5.91 Å². The highest BCUT2D eigenvalue weighted by molar-refractivity contribution is 7.15. The third-order valence-corrected chi connectivity index (χ3v) is 4.62. The van der Waals surface area contributed by atoms with Gasteiger partial charge in [0.1, 0.15) is 11.3 Å². The quantitative estimate of drug-likeness (QED) is 0.713. The zero-order valence-corrected chi connectivity index (χ0v) is 13.6. The summed E-state index contributed by atoms with van der Waals surface area (Å²) in [6.45, 7) is 0. The van der Waals surface area contributed by atoms with Crippen LogP contribution in [0, 0.1) is 0 Å². The highest BCUT2D eigenvalue weighted by Gasteiger charge is 2.16. The molecule has 0 fully saturated rings. The number of thiophene rings is 1. The number of primary amides is 2. The first kappa shape index (κ1) is 15.9. The van der Waals surface area contributed by atoms with Gasteiger partial charge >= 0.3 is 0 Å². The number of imidazole rings is 1. The van der Waals surface area contributed by atoms with Gasteiger partial charge in [0.15, 0.2) is 0 Å². The van der Waals surface area contributed by atoms with Crippen molar-refractivity contribution in [2.45, 2.75) is 12.8 Å². The van der Waals surface area contributed by atoms with Crippen LogP contribution in [0.1, 0.15) is 26.5 Å². The van der Waals surface area contributed by atoms with Gasteiger partial charge in [-0.2, -0.15) is 0 Å². The zero-order valence-electron chi connectivity index (χ0n) is 12.8. The molecule has 0 saturated carbocycles. The highest BCUT2D eigenvalue weighted by Crippen LogP contribution is 2.28. The lowest BCUT2D eigenvalue weighted by Gasteiger charge is -2.00. The largest absolute Gasteiger partial charge is 0.369 e. The van der Waals surface area contributed by atoms with Crippen LogP contribution in [0.5, 0.6) is 0 Å². The lowest BCUT2D eigenvalue weighted by molar-refractivity contribution is -0.117. The molecule has 0 aliphatic rings. The molecule has 0 aliphatic carbocycles. The summed E-state index contributed by atoms with van der Waals surface area (Å²) in [6, 6.07) is 11.8. The summed E-state index contributed by atoms with van der Waals surface area (Å²) in [7, 11) is 0. The van der Waals surface area contributed by atoms with Crippen molar-refractivity contribution in [1.82, 2.24) is 9.55 Å². The van der Waals surface area contributed by atoms with E-state index in [1.807, 2.05) is 36.4 Å². The number of hydrogen-bond acceptors (Lipinski definition) is 4. The molecular weight excluding hydrogens is 324 g/mol. The molecule has 2 aromatic heterocycles. The number of aromatic nitrogens is 2. The Hall–Kier alpha value is -2.93. The monoisotopic (exact) mass is 340 g/mol. The molecule has 1 aromatic carbocycles. The van der Waals surface area contributed by atoms with Gasteiger partial charge in [0, 0.05) is 17.5 Å². The molecule has 0 spiro atoms. The summed E-state index contributed by atoms with van der Waals surface area (Å²) in [6.07, 6.45) is 4.02. The number of rotatable bonds is 6. The van der Waals surface area contributed by atoms with E-state index in [0.717, 1.165) is 10.4 Å². The van der Waals surface area contributed by atoms with Gasteiger partial charge in [-0.25, -0.2) is 4.98 Å². The van der Waals surface area contributed by atoms with Crippen LogP contribution in [0.25, 0.3) is 5.00 Å². The molecule has 24 heavy (non-hydrogen) atoms. The maximum atomic E-state index is 11.8. The second kappa shape index (κ2) is 6.67. The number of nitrogens with zero attached hydrogens (tertiary/aromatic N) is 2. The summed E-state index contributed by atoms with van der Waals surface area (Å²) < 4.78 is 1.71. The molecule has 6 nitrogen and oxygen atoms in total. The van der Waals surface area contributed by atoms with Crippen LogP contribution in [0.3, 0.4) is 0 Å². The van der Waals surface area contributed by atoms with Crippen LogP contribution in [-0.4, -0.2) is 21.4 Å². The summed E-state index contributed by atoms with van der Waals surface area (Å²) >= 11 is 1.47.